The Bertz CT molecular complexity index is 861. The minimum Gasteiger partial charge on any atom is -0.494 e. The van der Waals surface area contributed by atoms with Gasteiger partial charge in [0.25, 0.3) is 5.91 Å². The zero-order valence-electron chi connectivity index (χ0n) is 18.2. The lowest BCUT2D eigenvalue weighted by Crippen LogP contribution is -2.40. The Balaban J connectivity index is 1.47. The van der Waals surface area contributed by atoms with Crippen LogP contribution in [0.15, 0.2) is 48.5 Å². The number of carbonyl (C=O) groups excluding carboxylic acids is 2. The van der Waals surface area contributed by atoms with Gasteiger partial charge in [-0.05, 0) is 54.8 Å². The highest BCUT2D eigenvalue weighted by molar-refractivity contribution is 5.98. The first-order valence-corrected chi connectivity index (χ1v) is 10.7. The Kier molecular flexibility index (Phi) is 8.29. The lowest BCUT2D eigenvalue weighted by atomic mass is 10.1. The maximum absolute atomic E-state index is 12.6. The Labute approximate surface area is 183 Å². The number of hydrogen-bond donors (Lipinski definition) is 2. The summed E-state index contributed by atoms with van der Waals surface area (Å²) >= 11 is 0. The Morgan fingerprint density at radius 3 is 2.52 bits per heavy atom. The third kappa shape index (κ3) is 7.29. The maximum atomic E-state index is 12.6. The number of amides is 2. The van der Waals surface area contributed by atoms with E-state index in [1.807, 2.05) is 24.3 Å². The summed E-state index contributed by atoms with van der Waals surface area (Å²) < 4.78 is 11.0. The van der Waals surface area contributed by atoms with Crippen LogP contribution in [-0.4, -0.2) is 56.2 Å². The number of nitrogens with zero attached hydrogens (tertiary/aromatic N) is 1. The summed E-state index contributed by atoms with van der Waals surface area (Å²) in [6.45, 7) is 7.42. The van der Waals surface area contributed by atoms with Crippen molar-refractivity contribution in [3.05, 3.63) is 54.1 Å². The Morgan fingerprint density at radius 1 is 1.06 bits per heavy atom. The number of nitrogens with one attached hydrogen (secondary N) is 2. The van der Waals surface area contributed by atoms with Gasteiger partial charge in [-0.1, -0.05) is 19.9 Å². The van der Waals surface area contributed by atoms with Gasteiger partial charge < -0.3 is 25.0 Å². The summed E-state index contributed by atoms with van der Waals surface area (Å²) in [5, 5.41) is 5.94. The van der Waals surface area contributed by atoms with E-state index in [-0.39, 0.29) is 18.4 Å². The van der Waals surface area contributed by atoms with Crippen LogP contribution >= 0.6 is 0 Å². The first-order chi connectivity index (χ1) is 15.0. The van der Waals surface area contributed by atoms with Crippen LogP contribution in [0, 0.1) is 5.92 Å². The molecule has 1 fully saturated rings. The third-order valence-corrected chi connectivity index (χ3v) is 4.96. The molecule has 0 aliphatic carbocycles. The van der Waals surface area contributed by atoms with E-state index in [2.05, 4.69) is 24.5 Å². The van der Waals surface area contributed by atoms with Crippen LogP contribution in [0.1, 0.15) is 30.6 Å². The average Bonchev–Trinajstić information content (AvgIpc) is 2.78. The lowest BCUT2D eigenvalue weighted by Gasteiger charge is -2.27. The Morgan fingerprint density at radius 2 is 1.81 bits per heavy atom. The molecule has 31 heavy (non-hydrogen) atoms. The van der Waals surface area contributed by atoms with Crippen LogP contribution < -0.4 is 15.4 Å². The molecule has 0 aromatic heterocycles. The summed E-state index contributed by atoms with van der Waals surface area (Å²) in [5.41, 5.74) is 1.99. The first kappa shape index (κ1) is 22.6. The number of hydrogen-bond acceptors (Lipinski definition) is 5. The fourth-order valence-electron chi connectivity index (χ4n) is 3.15. The summed E-state index contributed by atoms with van der Waals surface area (Å²) in [5.74, 6) is 1.19. The van der Waals surface area contributed by atoms with Crippen LogP contribution in [-0.2, 0) is 9.53 Å². The molecule has 1 heterocycles. The summed E-state index contributed by atoms with van der Waals surface area (Å²) in [6, 6.07) is 14.6. The third-order valence-electron chi connectivity index (χ3n) is 4.96. The zero-order chi connectivity index (χ0) is 22.1. The van der Waals surface area contributed by atoms with E-state index >= 15 is 0 Å². The molecule has 0 spiro atoms. The minimum absolute atomic E-state index is 0.0479. The van der Waals surface area contributed by atoms with E-state index in [4.69, 9.17) is 9.47 Å². The van der Waals surface area contributed by atoms with E-state index in [9.17, 15) is 9.59 Å². The minimum atomic E-state index is -0.187. The van der Waals surface area contributed by atoms with Gasteiger partial charge in [0.2, 0.25) is 5.91 Å². The number of morpholine rings is 1. The van der Waals surface area contributed by atoms with Gasteiger partial charge in [-0.3, -0.25) is 9.59 Å². The predicted octanol–water partition coefficient (Wildman–Crippen LogP) is 3.63. The number of rotatable bonds is 9. The SMILES string of the molecule is CC(C)CCOc1ccc(NCC(=O)Nc2cccc(C(=O)N3CCOCC3)c2)cc1. The second-order valence-corrected chi connectivity index (χ2v) is 7.94. The van der Waals surface area contributed by atoms with Gasteiger partial charge in [-0.15, -0.1) is 0 Å². The second-order valence-electron chi connectivity index (χ2n) is 7.94. The van der Waals surface area contributed by atoms with Gasteiger partial charge in [0.1, 0.15) is 5.75 Å². The molecule has 1 saturated heterocycles. The number of carbonyl (C=O) groups is 2. The molecule has 3 rings (SSSR count). The molecule has 0 bridgehead atoms. The van der Waals surface area contributed by atoms with Crippen molar-refractivity contribution in [3.8, 4) is 5.75 Å². The fraction of sp³-hybridized carbons (Fsp3) is 0.417. The molecular weight excluding hydrogens is 394 g/mol. The highest BCUT2D eigenvalue weighted by Gasteiger charge is 2.18. The largest absolute Gasteiger partial charge is 0.494 e. The van der Waals surface area contributed by atoms with Gasteiger partial charge in [0, 0.05) is 30.0 Å². The average molecular weight is 426 g/mol. The molecule has 7 nitrogen and oxygen atoms in total. The maximum Gasteiger partial charge on any atom is 0.254 e. The molecule has 2 aromatic carbocycles. The number of benzene rings is 2. The summed E-state index contributed by atoms with van der Waals surface area (Å²) in [7, 11) is 0. The fourth-order valence-corrected chi connectivity index (χ4v) is 3.15. The normalized spacial score (nSPS) is 13.7. The number of anilines is 2. The molecule has 2 amide bonds. The van der Waals surface area contributed by atoms with E-state index < -0.39 is 0 Å². The van der Waals surface area contributed by atoms with Crippen molar-refractivity contribution in [2.45, 2.75) is 20.3 Å². The molecule has 0 saturated carbocycles. The van der Waals surface area contributed by atoms with E-state index in [1.165, 1.54) is 0 Å². The molecule has 0 unspecified atom stereocenters. The molecule has 1 aliphatic heterocycles. The quantitative estimate of drug-likeness (QED) is 0.641. The molecule has 166 valence electrons. The first-order valence-electron chi connectivity index (χ1n) is 10.7. The lowest BCUT2D eigenvalue weighted by molar-refractivity contribution is -0.114. The van der Waals surface area contributed by atoms with Crippen molar-refractivity contribution in [2.24, 2.45) is 5.92 Å². The van der Waals surface area contributed by atoms with Crippen molar-refractivity contribution in [3.63, 3.8) is 0 Å². The molecule has 1 aliphatic rings. The molecule has 2 N–H and O–H groups in total. The van der Waals surface area contributed by atoms with E-state index in [1.54, 1.807) is 29.2 Å². The van der Waals surface area contributed by atoms with E-state index in [0.717, 1.165) is 17.9 Å². The molecular formula is C24H31N3O4. The molecule has 0 atom stereocenters. The Hall–Kier alpha value is -3.06. The monoisotopic (exact) mass is 425 g/mol. The van der Waals surface area contributed by atoms with Crippen LogP contribution in [0.25, 0.3) is 0 Å². The summed E-state index contributed by atoms with van der Waals surface area (Å²) in [6.07, 6.45) is 1.01. The van der Waals surface area contributed by atoms with Gasteiger partial charge in [0.15, 0.2) is 0 Å². The van der Waals surface area contributed by atoms with Crippen molar-refractivity contribution in [1.29, 1.82) is 0 Å². The second kappa shape index (κ2) is 11.4. The topological polar surface area (TPSA) is 79.9 Å². The van der Waals surface area contributed by atoms with Crippen LogP contribution in [0.5, 0.6) is 5.75 Å². The zero-order valence-corrected chi connectivity index (χ0v) is 18.2. The van der Waals surface area contributed by atoms with Gasteiger partial charge in [-0.25, -0.2) is 0 Å². The van der Waals surface area contributed by atoms with Crippen LogP contribution in [0.4, 0.5) is 11.4 Å². The molecule has 0 radical (unpaired) electrons. The highest BCUT2D eigenvalue weighted by Crippen LogP contribution is 2.17. The van der Waals surface area contributed by atoms with Crippen LogP contribution in [0.2, 0.25) is 0 Å². The van der Waals surface area contributed by atoms with Gasteiger partial charge in [0.05, 0.1) is 26.4 Å². The highest BCUT2D eigenvalue weighted by atomic mass is 16.5. The van der Waals surface area contributed by atoms with Crippen molar-refractivity contribution in [1.82, 2.24) is 4.90 Å². The van der Waals surface area contributed by atoms with Gasteiger partial charge >= 0.3 is 0 Å². The van der Waals surface area contributed by atoms with E-state index in [0.29, 0.717) is 50.1 Å². The standard InChI is InChI=1S/C24H31N3O4/c1-18(2)10-13-31-22-8-6-20(7-9-22)25-17-23(28)26-21-5-3-4-19(16-21)24(29)27-11-14-30-15-12-27/h3-9,16,18,25H,10-15,17H2,1-2H3,(H,26,28). The summed E-state index contributed by atoms with van der Waals surface area (Å²) in [4.78, 5) is 26.7. The molecule has 7 heteroatoms. The van der Waals surface area contributed by atoms with Crippen LogP contribution in [0.3, 0.4) is 0 Å². The molecule has 2 aromatic rings. The van der Waals surface area contributed by atoms with Crippen molar-refractivity contribution in [2.75, 3.05) is 50.1 Å². The van der Waals surface area contributed by atoms with Crippen molar-refractivity contribution >= 4 is 23.2 Å². The predicted molar refractivity (Wildman–Crippen MR) is 122 cm³/mol. The smallest absolute Gasteiger partial charge is 0.254 e. The van der Waals surface area contributed by atoms with Gasteiger partial charge in [-0.2, -0.15) is 0 Å². The van der Waals surface area contributed by atoms with Crippen molar-refractivity contribution < 1.29 is 19.1 Å². The number of ether oxygens (including phenoxy) is 2.